The van der Waals surface area contributed by atoms with Crippen molar-refractivity contribution in [3.05, 3.63) is 35.6 Å². The van der Waals surface area contributed by atoms with Crippen molar-refractivity contribution in [3.63, 3.8) is 0 Å². The number of nitrogens with one attached hydrogen (secondary N) is 1. The van der Waals surface area contributed by atoms with Gasteiger partial charge in [-0.1, -0.05) is 12.1 Å². The Morgan fingerprint density at radius 2 is 1.85 bits per heavy atom. The van der Waals surface area contributed by atoms with Crippen molar-refractivity contribution in [3.8, 4) is 0 Å². The second kappa shape index (κ2) is 6.59. The van der Waals surface area contributed by atoms with Gasteiger partial charge < -0.3 is 15.2 Å². The number of benzene rings is 1. The first-order valence-corrected chi connectivity index (χ1v) is 9.73. The Morgan fingerprint density at radius 3 is 2.44 bits per heavy atom. The summed E-state index contributed by atoms with van der Waals surface area (Å²) in [5.74, 6) is -0.294. The second-order valence-corrected chi connectivity index (χ2v) is 8.86. The van der Waals surface area contributed by atoms with Crippen LogP contribution in [0.5, 0.6) is 0 Å². The lowest BCUT2D eigenvalue weighted by Gasteiger charge is -2.58. The fraction of sp³-hybridized carbons (Fsp3) is 0.619. The maximum Gasteiger partial charge on any atom is 0.312 e. The van der Waals surface area contributed by atoms with E-state index in [9.17, 15) is 19.1 Å². The van der Waals surface area contributed by atoms with Crippen LogP contribution in [0.25, 0.3) is 0 Å². The molecule has 0 aliphatic heterocycles. The molecule has 6 heteroatoms. The Labute approximate surface area is 158 Å². The lowest BCUT2D eigenvalue weighted by atomic mass is 9.48. The van der Waals surface area contributed by atoms with Crippen LogP contribution in [0, 0.1) is 23.1 Å². The van der Waals surface area contributed by atoms with E-state index in [4.69, 9.17) is 4.74 Å². The van der Waals surface area contributed by atoms with Gasteiger partial charge in [0.25, 0.3) is 5.91 Å². The zero-order valence-electron chi connectivity index (χ0n) is 15.5. The molecule has 0 saturated heterocycles. The predicted molar refractivity (Wildman–Crippen MR) is 95.9 cm³/mol. The maximum atomic E-state index is 12.9. The van der Waals surface area contributed by atoms with E-state index in [0.717, 1.165) is 37.7 Å². The summed E-state index contributed by atoms with van der Waals surface area (Å²) in [7, 11) is 0. The molecule has 5 rings (SSSR count). The highest BCUT2D eigenvalue weighted by molar-refractivity contribution is 5.85. The summed E-state index contributed by atoms with van der Waals surface area (Å²) < 4.78 is 18.5. The molecule has 5 nitrogen and oxygen atoms in total. The van der Waals surface area contributed by atoms with Gasteiger partial charge in [-0.2, -0.15) is 0 Å². The van der Waals surface area contributed by atoms with Crippen LogP contribution in [-0.4, -0.2) is 28.7 Å². The molecule has 2 unspecified atom stereocenters. The van der Waals surface area contributed by atoms with Crippen LogP contribution < -0.4 is 5.32 Å². The fourth-order valence-corrected chi connectivity index (χ4v) is 5.73. The van der Waals surface area contributed by atoms with Crippen molar-refractivity contribution < 1.29 is 23.8 Å². The van der Waals surface area contributed by atoms with E-state index in [0.29, 0.717) is 18.3 Å². The van der Waals surface area contributed by atoms with E-state index in [1.54, 1.807) is 19.1 Å². The van der Waals surface area contributed by atoms with Crippen molar-refractivity contribution in [2.45, 2.75) is 63.7 Å². The molecule has 0 aromatic heterocycles. The molecule has 2 N–H and O–H groups in total. The lowest BCUT2D eigenvalue weighted by Crippen LogP contribution is -2.59. The van der Waals surface area contributed by atoms with Crippen LogP contribution in [-0.2, 0) is 20.9 Å². The van der Waals surface area contributed by atoms with Gasteiger partial charge in [0.1, 0.15) is 5.82 Å². The molecule has 0 spiro atoms. The van der Waals surface area contributed by atoms with E-state index in [1.165, 1.54) is 12.1 Å². The van der Waals surface area contributed by atoms with E-state index < -0.39 is 17.1 Å². The van der Waals surface area contributed by atoms with Crippen LogP contribution >= 0.6 is 0 Å². The van der Waals surface area contributed by atoms with E-state index >= 15 is 0 Å². The highest BCUT2D eigenvalue weighted by atomic mass is 19.1. The number of carbonyl (C=O) groups excluding carboxylic acids is 2. The highest BCUT2D eigenvalue weighted by Crippen LogP contribution is 2.62. The van der Waals surface area contributed by atoms with Gasteiger partial charge in [0.05, 0.1) is 11.0 Å². The summed E-state index contributed by atoms with van der Waals surface area (Å²) in [6.45, 7) is 1.81. The monoisotopic (exact) mass is 375 g/mol. The first-order chi connectivity index (χ1) is 12.8. The number of carbonyl (C=O) groups is 2. The maximum absolute atomic E-state index is 12.9. The Morgan fingerprint density at radius 1 is 1.22 bits per heavy atom. The van der Waals surface area contributed by atoms with Gasteiger partial charge in [0.2, 0.25) is 0 Å². The molecule has 4 saturated carbocycles. The molecular weight excluding hydrogens is 349 g/mol. The highest BCUT2D eigenvalue weighted by Gasteiger charge is 2.61. The third-order valence-electron chi connectivity index (χ3n) is 6.50. The average molecular weight is 375 g/mol. The molecular formula is C21H26FNO4. The summed E-state index contributed by atoms with van der Waals surface area (Å²) in [4.78, 5) is 25.2. The fourth-order valence-electron chi connectivity index (χ4n) is 5.73. The van der Waals surface area contributed by atoms with Crippen molar-refractivity contribution in [2.24, 2.45) is 17.3 Å². The molecule has 4 aliphatic carbocycles. The van der Waals surface area contributed by atoms with E-state index in [-0.39, 0.29) is 24.2 Å². The molecule has 27 heavy (non-hydrogen) atoms. The van der Waals surface area contributed by atoms with Crippen LogP contribution in [0.2, 0.25) is 0 Å². The summed E-state index contributed by atoms with van der Waals surface area (Å²) >= 11 is 0. The molecule has 4 aliphatic rings. The topological polar surface area (TPSA) is 75.6 Å². The molecule has 5 atom stereocenters. The van der Waals surface area contributed by atoms with Gasteiger partial charge in [0.15, 0.2) is 6.10 Å². The van der Waals surface area contributed by atoms with E-state index in [1.807, 2.05) is 0 Å². The number of aliphatic hydroxyl groups is 1. The lowest BCUT2D eigenvalue weighted by molar-refractivity contribution is -0.200. The third-order valence-corrected chi connectivity index (χ3v) is 6.50. The Kier molecular flexibility index (Phi) is 4.49. The number of rotatable bonds is 5. The number of hydrogen-bond donors (Lipinski definition) is 2. The van der Waals surface area contributed by atoms with Crippen molar-refractivity contribution in [2.75, 3.05) is 0 Å². The molecule has 1 aromatic carbocycles. The predicted octanol–water partition coefficient (Wildman–Crippen LogP) is 2.70. The summed E-state index contributed by atoms with van der Waals surface area (Å²) in [6, 6.07) is 5.87. The standard InChI is InChI=1S/C21H26FNO4/c1-13(18(24)23-11-14-2-4-17(22)5-3-14)27-19(25)20-7-15-6-16(8-20)10-21(26,9-15)12-20/h2-5,13,15-16,26H,6-12H2,1H3,(H,23,24)/t13-,15-,16+,20?,21?/m1/s1. The molecule has 0 heterocycles. The zero-order chi connectivity index (χ0) is 19.2. The minimum atomic E-state index is -0.902. The Balaban J connectivity index is 1.35. The van der Waals surface area contributed by atoms with Crippen LogP contribution in [0.3, 0.4) is 0 Å². The van der Waals surface area contributed by atoms with Gasteiger partial charge in [-0.3, -0.25) is 9.59 Å². The summed E-state index contributed by atoms with van der Waals surface area (Å²) in [5.41, 5.74) is -0.604. The third kappa shape index (κ3) is 3.59. The minimum Gasteiger partial charge on any atom is -0.452 e. The molecule has 1 amide bonds. The molecule has 4 fully saturated rings. The van der Waals surface area contributed by atoms with Gasteiger partial charge in [-0.15, -0.1) is 0 Å². The zero-order valence-corrected chi connectivity index (χ0v) is 15.5. The van der Waals surface area contributed by atoms with Gasteiger partial charge in [0, 0.05) is 6.54 Å². The van der Waals surface area contributed by atoms with Gasteiger partial charge >= 0.3 is 5.97 Å². The SMILES string of the molecule is C[C@@H](OC(=O)C12C[C@@H]3C[C@@H](CC(O)(C3)C1)C2)C(=O)NCc1ccc(F)cc1. The Bertz CT molecular complexity index is 733. The normalized spacial score (nSPS) is 34.9. The average Bonchev–Trinajstić information content (AvgIpc) is 2.58. The van der Waals surface area contributed by atoms with E-state index in [2.05, 4.69) is 5.32 Å². The van der Waals surface area contributed by atoms with Crippen LogP contribution in [0.1, 0.15) is 51.0 Å². The Hall–Kier alpha value is -1.95. The van der Waals surface area contributed by atoms with Crippen molar-refractivity contribution in [1.29, 1.82) is 0 Å². The molecule has 146 valence electrons. The number of amides is 1. The minimum absolute atomic E-state index is 0.246. The summed E-state index contributed by atoms with van der Waals surface area (Å²) in [6.07, 6.45) is 3.73. The largest absolute Gasteiger partial charge is 0.452 e. The van der Waals surface area contributed by atoms with Gasteiger partial charge in [-0.05, 0) is 75.0 Å². The smallest absolute Gasteiger partial charge is 0.312 e. The quantitative estimate of drug-likeness (QED) is 0.776. The summed E-state index contributed by atoms with van der Waals surface area (Å²) in [5, 5.41) is 13.5. The number of halogens is 1. The van der Waals surface area contributed by atoms with Crippen LogP contribution in [0.4, 0.5) is 4.39 Å². The van der Waals surface area contributed by atoms with Crippen molar-refractivity contribution in [1.82, 2.24) is 5.32 Å². The second-order valence-electron chi connectivity index (χ2n) is 8.86. The first kappa shape index (κ1) is 18.4. The molecule has 0 radical (unpaired) electrons. The molecule has 1 aromatic rings. The number of ether oxygens (including phenoxy) is 1. The van der Waals surface area contributed by atoms with Crippen LogP contribution in [0.15, 0.2) is 24.3 Å². The number of hydrogen-bond acceptors (Lipinski definition) is 4. The molecule has 4 bridgehead atoms. The first-order valence-electron chi connectivity index (χ1n) is 9.73. The van der Waals surface area contributed by atoms with Gasteiger partial charge in [-0.25, -0.2) is 4.39 Å². The van der Waals surface area contributed by atoms with Crippen molar-refractivity contribution >= 4 is 11.9 Å². The number of esters is 1.